The lowest BCUT2D eigenvalue weighted by Crippen LogP contribution is -2.28. The molecule has 0 fully saturated rings. The van der Waals surface area contributed by atoms with Crippen molar-refractivity contribution in [2.75, 3.05) is 0 Å². The van der Waals surface area contributed by atoms with Gasteiger partial charge in [0.1, 0.15) is 5.41 Å². The second-order valence-corrected chi connectivity index (χ2v) is 3.47. The number of nitriles is 1. The molecule has 0 saturated carbocycles. The van der Waals surface area contributed by atoms with Gasteiger partial charge in [-0.05, 0) is 12.8 Å². The summed E-state index contributed by atoms with van der Waals surface area (Å²) in [5, 5.41) is 9.07. The Labute approximate surface area is 80.9 Å². The highest BCUT2D eigenvalue weighted by atomic mass is 16.1. The van der Waals surface area contributed by atoms with E-state index >= 15 is 0 Å². The van der Waals surface area contributed by atoms with Crippen molar-refractivity contribution in [1.82, 2.24) is 0 Å². The Kier molecular flexibility index (Phi) is 5.37. The lowest BCUT2D eigenvalue weighted by atomic mass is 9.76. The molecule has 0 rings (SSSR count). The quantitative estimate of drug-likeness (QED) is 0.631. The van der Waals surface area contributed by atoms with Crippen LogP contribution in [0.1, 0.15) is 52.9 Å². The average Bonchev–Trinajstić information content (AvgIpc) is 2.16. The van der Waals surface area contributed by atoms with Gasteiger partial charge in [0.05, 0.1) is 6.07 Å². The van der Waals surface area contributed by atoms with Crippen LogP contribution in [0, 0.1) is 16.7 Å². The maximum absolute atomic E-state index is 11.6. The minimum Gasteiger partial charge on any atom is -0.298 e. The third-order valence-electron chi connectivity index (χ3n) is 2.42. The van der Waals surface area contributed by atoms with E-state index in [0.717, 1.165) is 12.8 Å². The fourth-order valence-corrected chi connectivity index (χ4v) is 1.77. The summed E-state index contributed by atoms with van der Waals surface area (Å²) in [6.07, 6.45) is 3.71. The highest BCUT2D eigenvalue weighted by Crippen LogP contribution is 2.31. The van der Waals surface area contributed by atoms with E-state index in [1.54, 1.807) is 0 Å². The van der Waals surface area contributed by atoms with Crippen molar-refractivity contribution in [3.8, 4) is 6.07 Å². The van der Waals surface area contributed by atoms with E-state index in [0.29, 0.717) is 19.3 Å². The zero-order valence-electron chi connectivity index (χ0n) is 8.89. The van der Waals surface area contributed by atoms with Crippen molar-refractivity contribution in [3.05, 3.63) is 0 Å². The Bertz CT molecular complexity index is 197. The normalized spacial score (nSPS) is 10.9. The van der Waals surface area contributed by atoms with Crippen LogP contribution in [0.5, 0.6) is 0 Å². The number of rotatable bonds is 6. The molecule has 0 aromatic carbocycles. The number of carbonyl (C=O) groups is 1. The van der Waals surface area contributed by atoms with Gasteiger partial charge in [0, 0.05) is 6.42 Å². The largest absolute Gasteiger partial charge is 0.298 e. The van der Waals surface area contributed by atoms with Gasteiger partial charge in [0.25, 0.3) is 0 Å². The summed E-state index contributed by atoms with van der Waals surface area (Å²) in [5.41, 5.74) is -0.682. The summed E-state index contributed by atoms with van der Waals surface area (Å²) in [6, 6.07) is 2.22. The highest BCUT2D eigenvalue weighted by molar-refractivity contribution is 5.87. The molecule has 0 unspecified atom stereocenters. The van der Waals surface area contributed by atoms with Crippen LogP contribution in [0.3, 0.4) is 0 Å². The molecular weight excluding hydrogens is 162 g/mol. The van der Waals surface area contributed by atoms with E-state index in [2.05, 4.69) is 6.07 Å². The van der Waals surface area contributed by atoms with Gasteiger partial charge < -0.3 is 0 Å². The fourth-order valence-electron chi connectivity index (χ4n) is 1.77. The molecular formula is C11H19NO. The average molecular weight is 181 g/mol. The van der Waals surface area contributed by atoms with Gasteiger partial charge in [-0.15, -0.1) is 0 Å². The topological polar surface area (TPSA) is 40.9 Å². The predicted molar refractivity (Wildman–Crippen MR) is 53.2 cm³/mol. The van der Waals surface area contributed by atoms with Gasteiger partial charge in [-0.3, -0.25) is 4.79 Å². The van der Waals surface area contributed by atoms with Crippen LogP contribution in [0.15, 0.2) is 0 Å². The van der Waals surface area contributed by atoms with Crippen LogP contribution in [0.4, 0.5) is 0 Å². The van der Waals surface area contributed by atoms with Crippen molar-refractivity contribution in [1.29, 1.82) is 5.26 Å². The fraction of sp³-hybridized carbons (Fsp3) is 0.818. The van der Waals surface area contributed by atoms with Crippen molar-refractivity contribution in [3.63, 3.8) is 0 Å². The number of hydrogen-bond acceptors (Lipinski definition) is 2. The van der Waals surface area contributed by atoms with Gasteiger partial charge in [-0.2, -0.15) is 5.26 Å². The van der Waals surface area contributed by atoms with Gasteiger partial charge in [0.15, 0.2) is 5.78 Å². The molecule has 0 spiro atoms. The summed E-state index contributed by atoms with van der Waals surface area (Å²) in [4.78, 5) is 11.6. The van der Waals surface area contributed by atoms with Crippen LogP contribution < -0.4 is 0 Å². The van der Waals surface area contributed by atoms with Crippen molar-refractivity contribution < 1.29 is 4.79 Å². The molecule has 74 valence electrons. The minimum atomic E-state index is -0.682. The first-order chi connectivity index (χ1) is 6.16. The first-order valence-electron chi connectivity index (χ1n) is 5.11. The molecule has 0 bridgehead atoms. The smallest absolute Gasteiger partial charge is 0.152 e. The lowest BCUT2D eigenvalue weighted by molar-refractivity contribution is -0.126. The van der Waals surface area contributed by atoms with Crippen LogP contribution in [0.2, 0.25) is 0 Å². The summed E-state index contributed by atoms with van der Waals surface area (Å²) in [7, 11) is 0. The first-order valence-corrected chi connectivity index (χ1v) is 5.11. The Balaban J connectivity index is 4.66. The first kappa shape index (κ1) is 12.2. The molecule has 13 heavy (non-hydrogen) atoms. The van der Waals surface area contributed by atoms with Crippen LogP contribution in [0.25, 0.3) is 0 Å². The van der Waals surface area contributed by atoms with Gasteiger partial charge in [-0.1, -0.05) is 33.6 Å². The maximum Gasteiger partial charge on any atom is 0.152 e. The van der Waals surface area contributed by atoms with E-state index < -0.39 is 5.41 Å². The number of hydrogen-bond donors (Lipinski definition) is 0. The summed E-state index contributed by atoms with van der Waals surface area (Å²) >= 11 is 0. The van der Waals surface area contributed by atoms with E-state index in [-0.39, 0.29) is 5.78 Å². The van der Waals surface area contributed by atoms with E-state index in [1.165, 1.54) is 0 Å². The van der Waals surface area contributed by atoms with Gasteiger partial charge >= 0.3 is 0 Å². The number of ketones is 1. The summed E-state index contributed by atoms with van der Waals surface area (Å²) in [6.45, 7) is 5.87. The SMILES string of the molecule is CCCC(C#N)(CCC)C(=O)CC. The third kappa shape index (κ3) is 2.84. The molecule has 0 radical (unpaired) electrons. The zero-order valence-corrected chi connectivity index (χ0v) is 8.89. The Morgan fingerprint density at radius 1 is 1.23 bits per heavy atom. The van der Waals surface area contributed by atoms with E-state index in [9.17, 15) is 4.79 Å². The van der Waals surface area contributed by atoms with E-state index in [1.807, 2.05) is 20.8 Å². The van der Waals surface area contributed by atoms with Crippen molar-refractivity contribution >= 4 is 5.78 Å². The molecule has 0 saturated heterocycles. The lowest BCUT2D eigenvalue weighted by Gasteiger charge is -2.23. The van der Waals surface area contributed by atoms with E-state index in [4.69, 9.17) is 5.26 Å². The molecule has 0 N–H and O–H groups in total. The number of Topliss-reactive ketones (excluding diaryl/α,β-unsaturated/α-hetero) is 1. The molecule has 0 aromatic rings. The van der Waals surface area contributed by atoms with Crippen molar-refractivity contribution in [2.45, 2.75) is 52.9 Å². The molecule has 0 aliphatic rings. The molecule has 0 heterocycles. The molecule has 0 aliphatic carbocycles. The molecule has 0 aliphatic heterocycles. The van der Waals surface area contributed by atoms with Crippen LogP contribution in [-0.2, 0) is 4.79 Å². The molecule has 2 heteroatoms. The third-order valence-corrected chi connectivity index (χ3v) is 2.42. The van der Waals surface area contributed by atoms with Crippen LogP contribution in [-0.4, -0.2) is 5.78 Å². The monoisotopic (exact) mass is 181 g/mol. The zero-order chi connectivity index (χ0) is 10.3. The molecule has 0 atom stereocenters. The van der Waals surface area contributed by atoms with Crippen molar-refractivity contribution in [2.24, 2.45) is 5.41 Å². The summed E-state index contributed by atoms with van der Waals surface area (Å²) in [5.74, 6) is 0.110. The van der Waals surface area contributed by atoms with Crippen LogP contribution >= 0.6 is 0 Å². The highest BCUT2D eigenvalue weighted by Gasteiger charge is 2.34. The molecule has 0 aromatic heterocycles. The Hall–Kier alpha value is -0.840. The Morgan fingerprint density at radius 3 is 1.92 bits per heavy atom. The molecule has 2 nitrogen and oxygen atoms in total. The summed E-state index contributed by atoms with van der Waals surface area (Å²) < 4.78 is 0. The molecule has 0 amide bonds. The number of carbonyl (C=O) groups excluding carboxylic acids is 1. The van der Waals surface area contributed by atoms with Gasteiger partial charge in [-0.25, -0.2) is 0 Å². The number of nitrogens with zero attached hydrogens (tertiary/aromatic N) is 1. The maximum atomic E-state index is 11.6. The Morgan fingerprint density at radius 2 is 1.69 bits per heavy atom. The van der Waals surface area contributed by atoms with Gasteiger partial charge in [0.2, 0.25) is 0 Å². The second-order valence-electron chi connectivity index (χ2n) is 3.47. The standard InChI is InChI=1S/C11H19NO/c1-4-7-11(9-12,8-5-2)10(13)6-3/h4-8H2,1-3H3. The second kappa shape index (κ2) is 5.75. The predicted octanol–water partition coefficient (Wildman–Crippen LogP) is 3.08. The minimum absolute atomic E-state index is 0.110.